The van der Waals surface area contributed by atoms with E-state index in [-0.39, 0.29) is 36.8 Å². The Morgan fingerprint density at radius 2 is 1.10 bits per heavy atom. The Kier molecular flexibility index (Phi) is 19.4. The van der Waals surface area contributed by atoms with E-state index in [0.29, 0.717) is 5.41 Å². The molecule has 1 N–H and O–H groups in total. The first-order chi connectivity index (χ1) is 22.1. The van der Waals surface area contributed by atoms with Gasteiger partial charge in [-0.25, -0.2) is 4.89 Å². The van der Waals surface area contributed by atoms with Crippen molar-refractivity contribution in [3.63, 3.8) is 0 Å². The van der Waals surface area contributed by atoms with Crippen LogP contribution in [0, 0.1) is 52.4 Å². The number of methoxy groups -OCH3 is 2. The Morgan fingerprint density at radius 1 is 0.760 bits per heavy atom. The summed E-state index contributed by atoms with van der Waals surface area (Å²) in [6, 6.07) is 17.6. The van der Waals surface area contributed by atoms with Gasteiger partial charge in [0, 0.05) is 5.41 Å². The van der Waals surface area contributed by atoms with Crippen molar-refractivity contribution in [2.75, 3.05) is 14.2 Å². The van der Waals surface area contributed by atoms with Crippen molar-refractivity contribution >= 4 is 44.8 Å². The maximum Gasteiger partial charge on any atom is 2.00 e. The molecule has 1 saturated carbocycles. The van der Waals surface area contributed by atoms with Crippen LogP contribution < -0.4 is 35.4 Å². The van der Waals surface area contributed by atoms with Crippen molar-refractivity contribution in [1.29, 1.82) is 0 Å². The molecule has 3 aliphatic carbocycles. The quantitative estimate of drug-likeness (QED) is 0.108. The second-order valence-corrected chi connectivity index (χ2v) is 18.4. The van der Waals surface area contributed by atoms with E-state index >= 15 is 0 Å². The molecule has 0 amide bonds. The first-order valence-electron chi connectivity index (χ1n) is 16.3. The number of halogens is 4. The third kappa shape index (κ3) is 10.3. The van der Waals surface area contributed by atoms with Crippen LogP contribution in [0.25, 0.3) is 0 Å². The van der Waals surface area contributed by atoms with Crippen molar-refractivity contribution in [3.05, 3.63) is 103 Å². The summed E-state index contributed by atoms with van der Waals surface area (Å²) in [4.78, 5) is 11.4. The first-order valence-corrected chi connectivity index (χ1v) is 19.2. The van der Waals surface area contributed by atoms with E-state index < -0.39 is 23.6 Å². The number of benzene rings is 3. The van der Waals surface area contributed by atoms with Crippen LogP contribution in [0.1, 0.15) is 63.3 Å². The van der Waals surface area contributed by atoms with E-state index in [1.54, 1.807) is 14.2 Å². The Morgan fingerprint density at radius 3 is 1.32 bits per heavy atom. The summed E-state index contributed by atoms with van der Waals surface area (Å²) in [6.45, 7) is 18.8. The van der Waals surface area contributed by atoms with Gasteiger partial charge in [0.2, 0.25) is 0 Å². The second kappa shape index (κ2) is 20.3. The van der Waals surface area contributed by atoms with Crippen molar-refractivity contribution in [3.8, 4) is 11.5 Å². The predicted octanol–water partition coefficient (Wildman–Crippen LogP) is 6.08. The van der Waals surface area contributed by atoms with Crippen molar-refractivity contribution < 1.29 is 51.5 Å². The third-order valence-corrected chi connectivity index (χ3v) is 14.4. The van der Waals surface area contributed by atoms with E-state index in [0.717, 1.165) is 50.9 Å². The fourth-order valence-corrected chi connectivity index (χ4v) is 11.9. The second-order valence-electron chi connectivity index (χ2n) is 13.2. The van der Waals surface area contributed by atoms with Gasteiger partial charge in [-0.2, -0.15) is 0 Å². The molecule has 3 aromatic carbocycles. The molecule has 50 heavy (non-hydrogen) atoms. The molecule has 3 atom stereocenters. The standard InChI is InChI=1S/C28H36O3P2.C8H8.C2H6.CH3.BF3.FH.Rh/c1-18-14-22(15-19(2)26(18)30-8)32(23-16-20(3)27(31-9)21(4)17-23)24-12-10-11-13-25(24)33(29)28(5,6)7;1-3-8-4-2-7(8)5-6(1)8;1-2;;2-1(3)4;;/h10-17,29H,1-9H3;1-4,6-7H,5H2;1-2H3;1H3;;1H;/q;;;-1;;;+2/p+1. The zero-order valence-electron chi connectivity index (χ0n) is 31.5. The van der Waals surface area contributed by atoms with Crippen LogP contribution in [0.2, 0.25) is 0 Å². The van der Waals surface area contributed by atoms with E-state index in [2.05, 4.69) is 121 Å². The number of ether oxygens (including phenoxy) is 2. The molecule has 1 spiro atoms. The molecular weight excluding hydrogens is 768 g/mol. The summed E-state index contributed by atoms with van der Waals surface area (Å²) in [5.41, 5.74) is 5.19. The predicted molar refractivity (Wildman–Crippen MR) is 208 cm³/mol. The summed E-state index contributed by atoms with van der Waals surface area (Å²) >= 11 is 0. The number of hydrogen-bond donors (Lipinski definition) is 1. The Labute approximate surface area is 314 Å². The van der Waals surface area contributed by atoms with E-state index in [1.165, 1.54) is 22.3 Å². The number of rotatable bonds is 6. The average molecular weight is 824 g/mol. The number of aryl methyl sites for hydroxylation is 4. The molecule has 0 saturated heterocycles. The molecule has 1 radical (unpaired) electrons. The Bertz CT molecular complexity index is 1470. The van der Waals surface area contributed by atoms with Crippen LogP contribution in [-0.2, 0) is 19.5 Å². The van der Waals surface area contributed by atoms with Gasteiger partial charge in [0.1, 0.15) is 40.5 Å². The summed E-state index contributed by atoms with van der Waals surface area (Å²) in [5.74, 6) is 3.80. The monoisotopic (exact) mass is 823 g/mol. The van der Waals surface area contributed by atoms with Crippen LogP contribution >= 0.6 is 16.1 Å². The molecule has 1 fully saturated rings. The molecule has 0 aromatic heterocycles. The van der Waals surface area contributed by atoms with Crippen LogP contribution in [0.3, 0.4) is 0 Å². The van der Waals surface area contributed by atoms with Gasteiger partial charge in [0.25, 0.3) is 0 Å². The summed E-state index contributed by atoms with van der Waals surface area (Å²) in [5, 5.41) is 4.82. The van der Waals surface area contributed by atoms with Gasteiger partial charge in [0.05, 0.1) is 14.2 Å². The van der Waals surface area contributed by atoms with Gasteiger partial charge in [-0.15, -0.1) is 0 Å². The summed E-state index contributed by atoms with van der Waals surface area (Å²) in [7, 11) is -3.36. The smallest absolute Gasteiger partial charge is 1.00 e. The van der Waals surface area contributed by atoms with Crippen molar-refractivity contribution in [1.82, 2.24) is 0 Å². The van der Waals surface area contributed by atoms with Crippen LogP contribution in [-0.4, -0.2) is 31.8 Å². The molecule has 11 heteroatoms. The normalized spacial score (nSPS) is 19.0. The molecule has 3 aliphatic rings. The zero-order valence-corrected chi connectivity index (χ0v) is 35.1. The van der Waals surface area contributed by atoms with Crippen molar-refractivity contribution in [2.45, 2.75) is 73.9 Å². The summed E-state index contributed by atoms with van der Waals surface area (Å²) < 4.78 is 40.3. The molecule has 3 aromatic rings. The molecular formula is C39H55BF4O3P2Rh+2. The average Bonchev–Trinajstić information content (AvgIpc) is 2.97. The van der Waals surface area contributed by atoms with Gasteiger partial charge in [-0.1, -0.05) is 50.3 Å². The largest absolute Gasteiger partial charge is 2.00 e. The van der Waals surface area contributed by atoms with Crippen molar-refractivity contribution in [2.24, 2.45) is 17.3 Å². The minimum Gasteiger partial charge on any atom is -1.00 e. The first kappa shape index (κ1) is 48.0. The minimum atomic E-state index is -3.67. The molecule has 6 rings (SSSR count). The Balaban J connectivity index is 0.00000117. The molecule has 0 heterocycles. The third-order valence-electron chi connectivity index (χ3n) is 9.09. The van der Waals surface area contributed by atoms with E-state index in [4.69, 9.17) is 9.47 Å². The molecule has 3 unspecified atom stereocenters. The van der Waals surface area contributed by atoms with Gasteiger partial charge < -0.3 is 21.6 Å². The van der Waals surface area contributed by atoms with Crippen LogP contribution in [0.5, 0.6) is 11.5 Å². The van der Waals surface area contributed by atoms with Gasteiger partial charge >= 0.3 is 27.0 Å². The van der Waals surface area contributed by atoms with Gasteiger partial charge in [0.15, 0.2) is 13.5 Å². The zero-order chi connectivity index (χ0) is 35.3. The number of hydrogen-bond acceptors (Lipinski definition) is 3. The van der Waals surface area contributed by atoms with Crippen LogP contribution in [0.15, 0.2) is 72.8 Å². The maximum atomic E-state index is 11.4. The summed E-state index contributed by atoms with van der Waals surface area (Å²) in [6.07, 6.45) is 10.9. The maximum absolute atomic E-state index is 11.4. The fraction of sp³-hybridized carbons (Fsp3) is 0.410. The minimum absolute atomic E-state index is 0. The fourth-order valence-electron chi connectivity index (χ4n) is 6.79. The van der Waals surface area contributed by atoms with Crippen LogP contribution in [0.4, 0.5) is 12.9 Å². The Hall–Kier alpha value is -2.03. The molecule has 277 valence electrons. The SMILES string of the molecule is C1=CC23C=CC2CC13.CC.COc1c(C)cc([PH+](c2cc(C)c(OC)c(C)c2)c2ccccc2[PH+](O)C(C)(C)C)cc1C.FB(F)F.[CH3-].[F-].[Rh+2]. The number of allylic oxidation sites excluding steroid dienone is 4. The van der Waals surface area contributed by atoms with Gasteiger partial charge in [-0.3, -0.25) is 12.9 Å². The van der Waals surface area contributed by atoms with E-state index in [9.17, 15) is 17.8 Å². The molecule has 0 bridgehead atoms. The molecule has 3 nitrogen and oxygen atoms in total. The topological polar surface area (TPSA) is 38.7 Å². The van der Waals surface area contributed by atoms with E-state index in [1.807, 2.05) is 13.8 Å². The van der Waals surface area contributed by atoms with Gasteiger partial charge in [-0.05, 0) is 125 Å². The molecule has 0 aliphatic heterocycles.